The summed E-state index contributed by atoms with van der Waals surface area (Å²) in [5, 5.41) is 3.60. The van der Waals surface area contributed by atoms with E-state index in [1.807, 2.05) is 7.11 Å². The van der Waals surface area contributed by atoms with E-state index in [4.69, 9.17) is 4.74 Å². The maximum Gasteiger partial charge on any atom is 0.0586 e. The minimum Gasteiger partial charge on any atom is -0.381 e. The summed E-state index contributed by atoms with van der Waals surface area (Å²) in [6, 6.07) is 0.710. The van der Waals surface area contributed by atoms with Gasteiger partial charge in [0, 0.05) is 17.6 Å². The van der Waals surface area contributed by atoms with Crippen molar-refractivity contribution in [2.45, 2.75) is 44.2 Å². The first kappa shape index (κ1) is 11.7. The van der Waals surface area contributed by atoms with E-state index in [0.717, 1.165) is 0 Å². The Balaban J connectivity index is 2.11. The van der Waals surface area contributed by atoms with Crippen LogP contribution in [0.15, 0.2) is 0 Å². The molecule has 2 unspecified atom stereocenters. The first-order chi connectivity index (χ1) is 6.36. The van der Waals surface area contributed by atoms with Crippen molar-refractivity contribution in [3.63, 3.8) is 0 Å². The van der Waals surface area contributed by atoms with Crippen LogP contribution in [0.5, 0.6) is 0 Å². The molecular formula is C10H20INO. The van der Waals surface area contributed by atoms with Crippen molar-refractivity contribution < 1.29 is 4.74 Å². The number of hydrogen-bond acceptors (Lipinski definition) is 2. The molecule has 1 aliphatic rings. The van der Waals surface area contributed by atoms with E-state index in [9.17, 15) is 0 Å². The van der Waals surface area contributed by atoms with Crippen LogP contribution in [0.1, 0.15) is 32.1 Å². The third-order valence-corrected chi connectivity index (χ3v) is 3.47. The molecule has 2 nitrogen and oxygen atoms in total. The van der Waals surface area contributed by atoms with Crippen molar-refractivity contribution in [1.82, 2.24) is 5.32 Å². The van der Waals surface area contributed by atoms with E-state index in [1.54, 1.807) is 0 Å². The Hall–Kier alpha value is 0.650. The second kappa shape index (κ2) is 7.01. The van der Waals surface area contributed by atoms with Gasteiger partial charge in [0.2, 0.25) is 0 Å². The molecule has 0 radical (unpaired) electrons. The van der Waals surface area contributed by atoms with Gasteiger partial charge in [-0.1, -0.05) is 22.6 Å². The van der Waals surface area contributed by atoms with E-state index in [2.05, 4.69) is 27.9 Å². The standard InChI is InChI=1S/C10H20INO/c1-13-10-5-2-4-9(8-10)12-7-3-6-11/h9-10,12H,2-8H2,1H3. The second-order valence-electron chi connectivity index (χ2n) is 3.72. The Morgan fingerprint density at radius 3 is 3.00 bits per heavy atom. The van der Waals surface area contributed by atoms with Crippen LogP contribution in [-0.2, 0) is 4.74 Å². The summed E-state index contributed by atoms with van der Waals surface area (Å²) in [6.07, 6.45) is 6.90. The van der Waals surface area contributed by atoms with Crippen LogP contribution in [0.4, 0.5) is 0 Å². The molecule has 0 heterocycles. The maximum absolute atomic E-state index is 5.39. The molecule has 0 aromatic carbocycles. The lowest BCUT2D eigenvalue weighted by molar-refractivity contribution is 0.0590. The van der Waals surface area contributed by atoms with Gasteiger partial charge in [-0.05, 0) is 38.6 Å². The number of hydrogen-bond donors (Lipinski definition) is 1. The molecule has 0 amide bonds. The number of ether oxygens (including phenoxy) is 1. The molecule has 0 saturated heterocycles. The Bertz CT molecular complexity index is 132. The van der Waals surface area contributed by atoms with Gasteiger partial charge in [-0.25, -0.2) is 0 Å². The smallest absolute Gasteiger partial charge is 0.0586 e. The van der Waals surface area contributed by atoms with Crippen molar-refractivity contribution in [2.24, 2.45) is 0 Å². The molecule has 1 saturated carbocycles. The van der Waals surface area contributed by atoms with E-state index in [1.165, 1.54) is 43.1 Å². The highest BCUT2D eigenvalue weighted by Gasteiger charge is 2.20. The Labute approximate surface area is 94.9 Å². The summed E-state index contributed by atoms with van der Waals surface area (Å²) in [5.41, 5.74) is 0. The number of halogens is 1. The largest absolute Gasteiger partial charge is 0.381 e. The molecular weight excluding hydrogens is 277 g/mol. The summed E-state index contributed by atoms with van der Waals surface area (Å²) in [6.45, 7) is 1.17. The van der Waals surface area contributed by atoms with E-state index in [-0.39, 0.29) is 0 Å². The van der Waals surface area contributed by atoms with Crippen LogP contribution in [0.2, 0.25) is 0 Å². The van der Waals surface area contributed by atoms with Crippen LogP contribution in [-0.4, -0.2) is 30.2 Å². The zero-order valence-electron chi connectivity index (χ0n) is 8.39. The Kier molecular flexibility index (Phi) is 6.32. The zero-order valence-corrected chi connectivity index (χ0v) is 10.5. The predicted molar refractivity (Wildman–Crippen MR) is 64.6 cm³/mol. The minimum absolute atomic E-state index is 0.505. The lowest BCUT2D eigenvalue weighted by atomic mass is 9.93. The zero-order chi connectivity index (χ0) is 9.52. The fraction of sp³-hybridized carbons (Fsp3) is 1.00. The Morgan fingerprint density at radius 1 is 1.46 bits per heavy atom. The lowest BCUT2D eigenvalue weighted by Gasteiger charge is -2.28. The van der Waals surface area contributed by atoms with Crippen LogP contribution in [0.3, 0.4) is 0 Å². The number of rotatable bonds is 5. The third-order valence-electron chi connectivity index (χ3n) is 2.70. The van der Waals surface area contributed by atoms with Crippen LogP contribution >= 0.6 is 22.6 Å². The van der Waals surface area contributed by atoms with E-state index in [0.29, 0.717) is 12.1 Å². The summed E-state index contributed by atoms with van der Waals surface area (Å²) < 4.78 is 6.64. The summed E-state index contributed by atoms with van der Waals surface area (Å²) in [4.78, 5) is 0. The molecule has 0 aliphatic heterocycles. The van der Waals surface area contributed by atoms with Gasteiger partial charge in [-0.3, -0.25) is 0 Å². The maximum atomic E-state index is 5.39. The van der Waals surface area contributed by atoms with Crippen molar-refractivity contribution in [2.75, 3.05) is 18.1 Å². The quantitative estimate of drug-likeness (QED) is 0.478. The topological polar surface area (TPSA) is 21.3 Å². The molecule has 13 heavy (non-hydrogen) atoms. The van der Waals surface area contributed by atoms with Crippen LogP contribution < -0.4 is 5.32 Å². The van der Waals surface area contributed by atoms with E-state index < -0.39 is 0 Å². The van der Waals surface area contributed by atoms with E-state index >= 15 is 0 Å². The fourth-order valence-corrected chi connectivity index (χ4v) is 2.30. The first-order valence-electron chi connectivity index (χ1n) is 5.19. The SMILES string of the molecule is COC1CCCC(NCCCI)C1. The number of methoxy groups -OCH3 is 1. The van der Waals surface area contributed by atoms with Crippen molar-refractivity contribution >= 4 is 22.6 Å². The van der Waals surface area contributed by atoms with Gasteiger partial charge in [0.1, 0.15) is 0 Å². The fourth-order valence-electron chi connectivity index (χ4n) is 1.92. The van der Waals surface area contributed by atoms with Gasteiger partial charge in [0.15, 0.2) is 0 Å². The van der Waals surface area contributed by atoms with Gasteiger partial charge in [-0.15, -0.1) is 0 Å². The van der Waals surface area contributed by atoms with Crippen molar-refractivity contribution in [3.8, 4) is 0 Å². The molecule has 78 valence electrons. The van der Waals surface area contributed by atoms with Gasteiger partial charge in [-0.2, -0.15) is 0 Å². The second-order valence-corrected chi connectivity index (χ2v) is 4.80. The van der Waals surface area contributed by atoms with Gasteiger partial charge < -0.3 is 10.1 Å². The summed E-state index contributed by atoms with van der Waals surface area (Å²) >= 11 is 2.43. The average Bonchev–Trinajstić information content (AvgIpc) is 2.19. The molecule has 0 spiro atoms. The van der Waals surface area contributed by atoms with Crippen molar-refractivity contribution in [3.05, 3.63) is 0 Å². The molecule has 0 aromatic rings. The first-order valence-corrected chi connectivity index (χ1v) is 6.71. The molecule has 0 aromatic heterocycles. The molecule has 1 aliphatic carbocycles. The number of nitrogens with one attached hydrogen (secondary N) is 1. The molecule has 1 rings (SSSR count). The highest BCUT2D eigenvalue weighted by Crippen LogP contribution is 2.20. The van der Waals surface area contributed by atoms with Gasteiger partial charge in [0.25, 0.3) is 0 Å². The average molecular weight is 297 g/mol. The normalized spacial score (nSPS) is 29.1. The highest BCUT2D eigenvalue weighted by molar-refractivity contribution is 14.1. The Morgan fingerprint density at radius 2 is 2.31 bits per heavy atom. The van der Waals surface area contributed by atoms with Crippen LogP contribution in [0, 0.1) is 0 Å². The highest BCUT2D eigenvalue weighted by atomic mass is 127. The predicted octanol–water partition coefficient (Wildman–Crippen LogP) is 2.36. The lowest BCUT2D eigenvalue weighted by Crippen LogP contribution is -2.37. The molecule has 2 atom stereocenters. The monoisotopic (exact) mass is 297 g/mol. The van der Waals surface area contributed by atoms with Crippen LogP contribution in [0.25, 0.3) is 0 Å². The summed E-state index contributed by atoms with van der Waals surface area (Å²) in [5.74, 6) is 0. The number of alkyl halides is 1. The third kappa shape index (κ3) is 4.61. The molecule has 0 bridgehead atoms. The molecule has 3 heteroatoms. The summed E-state index contributed by atoms with van der Waals surface area (Å²) in [7, 11) is 1.83. The minimum atomic E-state index is 0.505. The van der Waals surface area contributed by atoms with Crippen molar-refractivity contribution in [1.29, 1.82) is 0 Å². The van der Waals surface area contributed by atoms with Gasteiger partial charge in [0.05, 0.1) is 6.10 Å². The molecule has 1 N–H and O–H groups in total. The molecule has 1 fully saturated rings. The van der Waals surface area contributed by atoms with Gasteiger partial charge >= 0.3 is 0 Å².